The van der Waals surface area contributed by atoms with E-state index in [4.69, 9.17) is 21.1 Å². The minimum Gasteiger partial charge on any atom is -0.486 e. The van der Waals surface area contributed by atoms with Crippen molar-refractivity contribution in [1.29, 1.82) is 0 Å². The molecule has 8 nitrogen and oxygen atoms in total. The van der Waals surface area contributed by atoms with Gasteiger partial charge in [0.1, 0.15) is 36.0 Å². The van der Waals surface area contributed by atoms with E-state index in [9.17, 15) is 13.6 Å². The summed E-state index contributed by atoms with van der Waals surface area (Å²) in [6, 6.07) is 7.21. The number of aromatic nitrogens is 2. The zero-order valence-electron chi connectivity index (χ0n) is 17.4. The second-order valence-electron chi connectivity index (χ2n) is 7.88. The van der Waals surface area contributed by atoms with Crippen LogP contribution in [0.4, 0.5) is 30.8 Å². The van der Waals surface area contributed by atoms with E-state index in [1.54, 1.807) is 12.1 Å². The highest BCUT2D eigenvalue weighted by molar-refractivity contribution is 6.31. The molecule has 5 rings (SSSR count). The molecule has 2 aromatic carbocycles. The number of rotatable bonds is 5. The van der Waals surface area contributed by atoms with Crippen LogP contribution in [-0.2, 0) is 4.74 Å². The number of likely N-dealkylation sites (tertiary alicyclic amines) is 1. The molecular formula is C22H20ClF2N5O3. The number of nitrogens with zero attached hydrogens (tertiary/aromatic N) is 3. The molecule has 0 aliphatic carbocycles. The highest BCUT2D eigenvalue weighted by Crippen LogP contribution is 2.35. The van der Waals surface area contributed by atoms with Gasteiger partial charge < -0.3 is 25.0 Å². The van der Waals surface area contributed by atoms with Crippen LogP contribution in [0.1, 0.15) is 6.42 Å². The molecule has 172 valence electrons. The molecule has 11 heteroatoms. The molecule has 0 radical (unpaired) electrons. The first kappa shape index (κ1) is 21.6. The number of amides is 2. The van der Waals surface area contributed by atoms with Gasteiger partial charge in [0, 0.05) is 23.6 Å². The largest absolute Gasteiger partial charge is 0.486 e. The maximum absolute atomic E-state index is 13.5. The third kappa shape index (κ3) is 4.62. The maximum Gasteiger partial charge on any atom is 0.322 e. The molecule has 2 N–H and O–H groups in total. The number of carbonyl (C=O) groups is 1. The van der Waals surface area contributed by atoms with Crippen molar-refractivity contribution < 1.29 is 23.0 Å². The minimum atomic E-state index is -1.01. The predicted molar refractivity (Wildman–Crippen MR) is 120 cm³/mol. The average Bonchev–Trinajstić information content (AvgIpc) is 3.28. The summed E-state index contributed by atoms with van der Waals surface area (Å²) in [7, 11) is 0. The molecule has 33 heavy (non-hydrogen) atoms. The first-order chi connectivity index (χ1) is 16.0. The van der Waals surface area contributed by atoms with Crippen molar-refractivity contribution >= 4 is 45.7 Å². The molecule has 2 saturated heterocycles. The Hall–Kier alpha value is -3.24. The summed E-state index contributed by atoms with van der Waals surface area (Å²) in [5.74, 6) is 0.332. The normalized spacial score (nSPS) is 18.3. The second-order valence-corrected chi connectivity index (χ2v) is 8.28. The number of urea groups is 1. The van der Waals surface area contributed by atoms with Gasteiger partial charge in [-0.05, 0) is 24.3 Å². The van der Waals surface area contributed by atoms with Crippen LogP contribution >= 0.6 is 11.6 Å². The van der Waals surface area contributed by atoms with Crippen LogP contribution in [0.2, 0.25) is 5.02 Å². The van der Waals surface area contributed by atoms with Gasteiger partial charge in [0.2, 0.25) is 0 Å². The van der Waals surface area contributed by atoms with Gasteiger partial charge in [-0.3, -0.25) is 0 Å². The van der Waals surface area contributed by atoms with Crippen LogP contribution in [0, 0.1) is 5.82 Å². The zero-order valence-corrected chi connectivity index (χ0v) is 18.1. The number of benzene rings is 2. The summed E-state index contributed by atoms with van der Waals surface area (Å²) in [6.45, 7) is 1.14. The van der Waals surface area contributed by atoms with Crippen molar-refractivity contribution in [1.82, 2.24) is 14.9 Å². The highest BCUT2D eigenvalue weighted by Gasteiger charge is 2.31. The number of halogens is 3. The zero-order chi connectivity index (χ0) is 22.9. The van der Waals surface area contributed by atoms with Crippen LogP contribution in [0.25, 0.3) is 10.9 Å². The number of anilines is 3. The van der Waals surface area contributed by atoms with Crippen molar-refractivity contribution in [2.24, 2.45) is 0 Å². The Morgan fingerprint density at radius 2 is 2.09 bits per heavy atom. The molecule has 2 aliphatic rings. The van der Waals surface area contributed by atoms with E-state index < -0.39 is 18.0 Å². The van der Waals surface area contributed by atoms with E-state index in [2.05, 4.69) is 20.6 Å². The topological polar surface area (TPSA) is 88.6 Å². The smallest absolute Gasteiger partial charge is 0.322 e. The molecule has 2 aliphatic heterocycles. The second kappa shape index (κ2) is 8.95. The van der Waals surface area contributed by atoms with Crippen molar-refractivity contribution in [2.45, 2.75) is 18.7 Å². The Morgan fingerprint density at radius 3 is 2.82 bits per heavy atom. The quantitative estimate of drug-likeness (QED) is 0.564. The molecule has 2 amide bonds. The van der Waals surface area contributed by atoms with Gasteiger partial charge in [-0.2, -0.15) is 0 Å². The van der Waals surface area contributed by atoms with Gasteiger partial charge in [-0.15, -0.1) is 0 Å². The van der Waals surface area contributed by atoms with Crippen molar-refractivity contribution in [2.75, 3.05) is 36.9 Å². The lowest BCUT2D eigenvalue weighted by Crippen LogP contribution is -2.53. The van der Waals surface area contributed by atoms with Crippen LogP contribution in [-0.4, -0.2) is 59.5 Å². The molecule has 0 spiro atoms. The summed E-state index contributed by atoms with van der Waals surface area (Å²) >= 11 is 5.89. The van der Waals surface area contributed by atoms with E-state index in [0.717, 1.165) is 6.42 Å². The third-order valence-corrected chi connectivity index (χ3v) is 5.76. The van der Waals surface area contributed by atoms with Crippen LogP contribution in [0.15, 0.2) is 36.7 Å². The highest BCUT2D eigenvalue weighted by atomic mass is 35.5. The summed E-state index contributed by atoms with van der Waals surface area (Å²) in [6.07, 6.45) is 0.949. The Morgan fingerprint density at radius 1 is 1.24 bits per heavy atom. The third-order valence-electron chi connectivity index (χ3n) is 5.47. The monoisotopic (exact) mass is 475 g/mol. The standard InChI is InChI=1S/C22H20ClF2N5O3/c23-16-5-13(1-2-17(16)25)28-21-15-6-19(29-22(31)30-8-12(24)9-30)20(7-18(15)26-11-27-21)33-14-3-4-32-10-14/h1-2,5-7,11-12,14H,3-4,8-10H2,(H,29,31)(H,26,27,28)/t14-/m0/s1. The lowest BCUT2D eigenvalue weighted by Gasteiger charge is -2.34. The summed E-state index contributed by atoms with van der Waals surface area (Å²) in [5.41, 5.74) is 1.50. The first-order valence-corrected chi connectivity index (χ1v) is 10.8. The molecule has 1 aromatic heterocycles. The Kier molecular flexibility index (Phi) is 5.86. The number of nitrogens with one attached hydrogen (secondary N) is 2. The SMILES string of the molecule is O=C(Nc1cc2c(Nc3ccc(F)c(Cl)c3)ncnc2cc1O[C@H]1CCOC1)N1CC(F)C1. The van der Waals surface area contributed by atoms with E-state index in [-0.39, 0.29) is 24.2 Å². The number of fused-ring (bicyclic) bond motifs is 1. The van der Waals surface area contributed by atoms with Gasteiger partial charge >= 0.3 is 6.03 Å². The Labute approximate surface area is 192 Å². The summed E-state index contributed by atoms with van der Waals surface area (Å²) < 4.78 is 38.2. The van der Waals surface area contributed by atoms with Gasteiger partial charge in [-0.25, -0.2) is 23.5 Å². The van der Waals surface area contributed by atoms with Gasteiger partial charge in [0.15, 0.2) is 0 Å². The fourth-order valence-corrected chi connectivity index (χ4v) is 3.84. The van der Waals surface area contributed by atoms with Crippen LogP contribution < -0.4 is 15.4 Å². The molecule has 0 unspecified atom stereocenters. The van der Waals surface area contributed by atoms with Gasteiger partial charge in [0.25, 0.3) is 0 Å². The number of ether oxygens (including phenoxy) is 2. The minimum absolute atomic E-state index is 0.0264. The Balaban J connectivity index is 1.50. The molecule has 3 heterocycles. The van der Waals surface area contributed by atoms with Gasteiger partial charge in [-0.1, -0.05) is 11.6 Å². The molecule has 0 bridgehead atoms. The fourth-order valence-electron chi connectivity index (χ4n) is 3.66. The maximum atomic E-state index is 13.5. The van der Waals surface area contributed by atoms with Crippen LogP contribution in [0.3, 0.4) is 0 Å². The Bertz CT molecular complexity index is 1200. The van der Waals surface area contributed by atoms with E-state index in [1.165, 1.54) is 29.4 Å². The molecule has 3 aromatic rings. The summed E-state index contributed by atoms with van der Waals surface area (Å²) in [4.78, 5) is 22.6. The van der Waals surface area contributed by atoms with Crippen molar-refractivity contribution in [3.8, 4) is 5.75 Å². The number of carbonyl (C=O) groups excluding carboxylic acids is 1. The van der Waals surface area contributed by atoms with Crippen molar-refractivity contribution in [3.63, 3.8) is 0 Å². The van der Waals surface area contributed by atoms with E-state index in [1.807, 2.05) is 0 Å². The first-order valence-electron chi connectivity index (χ1n) is 10.4. The van der Waals surface area contributed by atoms with E-state index in [0.29, 0.717) is 47.1 Å². The van der Waals surface area contributed by atoms with Crippen LogP contribution in [0.5, 0.6) is 5.75 Å². The molecule has 2 fully saturated rings. The predicted octanol–water partition coefficient (Wildman–Crippen LogP) is 4.52. The lowest BCUT2D eigenvalue weighted by molar-refractivity contribution is 0.0973. The summed E-state index contributed by atoms with van der Waals surface area (Å²) in [5, 5.41) is 6.48. The van der Waals surface area contributed by atoms with Crippen molar-refractivity contribution in [3.05, 3.63) is 47.5 Å². The molecule has 0 saturated carbocycles. The molecule has 1 atom stereocenters. The number of hydrogen-bond donors (Lipinski definition) is 2. The fraction of sp³-hybridized carbons (Fsp3) is 0.318. The van der Waals surface area contributed by atoms with Gasteiger partial charge in [0.05, 0.1) is 42.5 Å². The molecular weight excluding hydrogens is 456 g/mol. The van der Waals surface area contributed by atoms with E-state index >= 15 is 0 Å². The lowest BCUT2D eigenvalue weighted by atomic mass is 10.1. The average molecular weight is 476 g/mol. The number of hydrogen-bond acceptors (Lipinski definition) is 6. The number of alkyl halides is 1.